The summed E-state index contributed by atoms with van der Waals surface area (Å²) in [5.41, 5.74) is 0. The maximum absolute atomic E-state index is 12.3. The summed E-state index contributed by atoms with van der Waals surface area (Å²) in [4.78, 5) is 1.54. The van der Waals surface area contributed by atoms with Gasteiger partial charge < -0.3 is 0 Å². The highest BCUT2D eigenvalue weighted by molar-refractivity contribution is 4.82. The number of rotatable bonds is 2. The van der Waals surface area contributed by atoms with Gasteiger partial charge in [0.1, 0.15) is 6.04 Å². The van der Waals surface area contributed by atoms with Crippen molar-refractivity contribution in [2.24, 2.45) is 5.92 Å². The molecule has 0 bridgehead atoms. The van der Waals surface area contributed by atoms with Crippen LogP contribution in [-0.4, -0.2) is 30.2 Å². The van der Waals surface area contributed by atoms with Gasteiger partial charge in [-0.2, -0.15) is 13.2 Å². The average Bonchev–Trinajstić information content (AvgIpc) is 2.48. The Bertz CT molecular complexity index is 167. The van der Waals surface area contributed by atoms with Crippen LogP contribution in [0.4, 0.5) is 13.2 Å². The number of likely N-dealkylation sites (tertiary alicyclic amines) is 1. The zero-order valence-electron chi connectivity index (χ0n) is 8.06. The molecule has 4 heteroatoms. The first-order chi connectivity index (χ1) is 5.95. The van der Waals surface area contributed by atoms with Crippen LogP contribution in [0.3, 0.4) is 0 Å². The standard InChI is InChI=1S/C9H16F3N/c1-3-8-4-5-13(6-8)7(2)9(10,11)12/h7-8H,3-6H2,1-2H3/t7?,8-/m1/s1. The Labute approximate surface area is 76.9 Å². The molecule has 1 heterocycles. The molecular formula is C9H16F3N. The second-order valence-corrected chi connectivity index (χ2v) is 3.78. The van der Waals surface area contributed by atoms with Crippen molar-refractivity contribution in [2.75, 3.05) is 13.1 Å². The maximum atomic E-state index is 12.3. The van der Waals surface area contributed by atoms with Crippen LogP contribution in [0.1, 0.15) is 26.7 Å². The van der Waals surface area contributed by atoms with E-state index in [0.29, 0.717) is 19.0 Å². The molecule has 1 saturated heterocycles. The molecule has 0 radical (unpaired) electrons. The van der Waals surface area contributed by atoms with Crippen molar-refractivity contribution < 1.29 is 13.2 Å². The summed E-state index contributed by atoms with van der Waals surface area (Å²) in [6, 6.07) is -1.27. The van der Waals surface area contributed by atoms with Crippen LogP contribution in [0.5, 0.6) is 0 Å². The Morgan fingerprint density at radius 1 is 1.46 bits per heavy atom. The van der Waals surface area contributed by atoms with Gasteiger partial charge in [-0.05, 0) is 25.8 Å². The molecule has 1 aliphatic rings. The van der Waals surface area contributed by atoms with E-state index in [1.54, 1.807) is 0 Å². The second-order valence-electron chi connectivity index (χ2n) is 3.78. The minimum atomic E-state index is -4.07. The third-order valence-electron chi connectivity index (χ3n) is 2.92. The number of hydrogen-bond donors (Lipinski definition) is 0. The fourth-order valence-electron chi connectivity index (χ4n) is 1.75. The number of hydrogen-bond acceptors (Lipinski definition) is 1. The molecular weight excluding hydrogens is 179 g/mol. The lowest BCUT2D eigenvalue weighted by Gasteiger charge is -2.26. The van der Waals surface area contributed by atoms with Crippen molar-refractivity contribution >= 4 is 0 Å². The Morgan fingerprint density at radius 3 is 2.46 bits per heavy atom. The molecule has 1 aliphatic heterocycles. The third kappa shape index (κ3) is 2.59. The summed E-state index contributed by atoms with van der Waals surface area (Å²) in [5, 5.41) is 0. The first kappa shape index (κ1) is 10.8. The zero-order valence-corrected chi connectivity index (χ0v) is 8.06. The number of nitrogens with zero attached hydrogens (tertiary/aromatic N) is 1. The van der Waals surface area contributed by atoms with Crippen LogP contribution < -0.4 is 0 Å². The van der Waals surface area contributed by atoms with Gasteiger partial charge in [0.05, 0.1) is 0 Å². The minimum Gasteiger partial charge on any atom is -0.292 e. The first-order valence-electron chi connectivity index (χ1n) is 4.76. The van der Waals surface area contributed by atoms with E-state index in [9.17, 15) is 13.2 Å². The predicted octanol–water partition coefficient (Wildman–Crippen LogP) is 2.67. The quantitative estimate of drug-likeness (QED) is 0.654. The summed E-state index contributed by atoms with van der Waals surface area (Å²) in [7, 11) is 0. The van der Waals surface area contributed by atoms with Crippen LogP contribution in [0.2, 0.25) is 0 Å². The zero-order chi connectivity index (χ0) is 10.1. The summed E-state index contributed by atoms with van der Waals surface area (Å²) < 4.78 is 36.9. The second kappa shape index (κ2) is 3.86. The molecule has 0 aliphatic carbocycles. The van der Waals surface area contributed by atoms with Crippen LogP contribution in [-0.2, 0) is 0 Å². The van der Waals surface area contributed by atoms with E-state index in [-0.39, 0.29) is 0 Å². The molecule has 0 aromatic carbocycles. The van der Waals surface area contributed by atoms with E-state index >= 15 is 0 Å². The predicted molar refractivity (Wildman–Crippen MR) is 45.5 cm³/mol. The highest BCUT2D eigenvalue weighted by Crippen LogP contribution is 2.29. The van der Waals surface area contributed by atoms with E-state index in [1.165, 1.54) is 11.8 Å². The molecule has 0 N–H and O–H groups in total. The van der Waals surface area contributed by atoms with Crippen molar-refractivity contribution in [3.05, 3.63) is 0 Å². The minimum absolute atomic E-state index is 0.463. The highest BCUT2D eigenvalue weighted by atomic mass is 19.4. The fraction of sp³-hybridized carbons (Fsp3) is 1.00. The SMILES string of the molecule is CC[C@@H]1CCN(C(C)C(F)(F)F)C1. The van der Waals surface area contributed by atoms with Crippen molar-refractivity contribution in [1.82, 2.24) is 4.90 Å². The Kier molecular flexibility index (Phi) is 3.22. The Balaban J connectivity index is 2.46. The molecule has 0 aromatic heterocycles. The molecule has 2 atom stereocenters. The van der Waals surface area contributed by atoms with Gasteiger partial charge in [-0.3, -0.25) is 4.90 Å². The number of alkyl halides is 3. The molecule has 1 fully saturated rings. The van der Waals surface area contributed by atoms with Gasteiger partial charge >= 0.3 is 6.18 Å². The summed E-state index contributed by atoms with van der Waals surface area (Å²) in [5.74, 6) is 0.463. The lowest BCUT2D eigenvalue weighted by molar-refractivity contribution is -0.176. The van der Waals surface area contributed by atoms with Gasteiger partial charge in [0.2, 0.25) is 0 Å². The summed E-state index contributed by atoms with van der Waals surface area (Å²) >= 11 is 0. The van der Waals surface area contributed by atoms with Gasteiger partial charge in [-0.15, -0.1) is 0 Å². The van der Waals surface area contributed by atoms with E-state index in [2.05, 4.69) is 0 Å². The largest absolute Gasteiger partial charge is 0.403 e. The molecule has 13 heavy (non-hydrogen) atoms. The number of halogens is 3. The molecule has 0 amide bonds. The molecule has 0 saturated carbocycles. The molecule has 1 nitrogen and oxygen atoms in total. The smallest absolute Gasteiger partial charge is 0.292 e. The molecule has 78 valence electrons. The van der Waals surface area contributed by atoms with Crippen LogP contribution in [0, 0.1) is 5.92 Å². The van der Waals surface area contributed by atoms with Gasteiger partial charge in [-0.25, -0.2) is 0 Å². The summed E-state index contributed by atoms with van der Waals surface area (Å²) in [6.45, 7) is 4.49. The molecule has 1 rings (SSSR count). The van der Waals surface area contributed by atoms with Gasteiger partial charge in [-0.1, -0.05) is 13.3 Å². The van der Waals surface area contributed by atoms with Crippen molar-refractivity contribution in [3.63, 3.8) is 0 Å². The normalized spacial score (nSPS) is 27.9. The Hall–Kier alpha value is -0.250. The molecule has 0 spiro atoms. The van der Waals surface area contributed by atoms with E-state index in [1.807, 2.05) is 6.92 Å². The van der Waals surface area contributed by atoms with Gasteiger partial charge in [0.15, 0.2) is 0 Å². The Morgan fingerprint density at radius 2 is 2.08 bits per heavy atom. The monoisotopic (exact) mass is 195 g/mol. The third-order valence-corrected chi connectivity index (χ3v) is 2.92. The first-order valence-corrected chi connectivity index (χ1v) is 4.76. The van der Waals surface area contributed by atoms with Gasteiger partial charge in [0.25, 0.3) is 0 Å². The maximum Gasteiger partial charge on any atom is 0.403 e. The lowest BCUT2D eigenvalue weighted by Crippen LogP contribution is -2.42. The fourth-order valence-corrected chi connectivity index (χ4v) is 1.75. The van der Waals surface area contributed by atoms with Crippen LogP contribution in [0.25, 0.3) is 0 Å². The van der Waals surface area contributed by atoms with E-state index < -0.39 is 12.2 Å². The van der Waals surface area contributed by atoms with Crippen molar-refractivity contribution in [1.29, 1.82) is 0 Å². The lowest BCUT2D eigenvalue weighted by atomic mass is 10.1. The van der Waals surface area contributed by atoms with E-state index in [0.717, 1.165) is 12.8 Å². The van der Waals surface area contributed by atoms with Crippen molar-refractivity contribution in [2.45, 2.75) is 38.9 Å². The van der Waals surface area contributed by atoms with Crippen LogP contribution >= 0.6 is 0 Å². The van der Waals surface area contributed by atoms with E-state index in [4.69, 9.17) is 0 Å². The van der Waals surface area contributed by atoms with Gasteiger partial charge in [0, 0.05) is 6.54 Å². The molecule has 1 unspecified atom stereocenters. The summed E-state index contributed by atoms with van der Waals surface area (Å²) in [6.07, 6.45) is -2.17. The molecule has 0 aromatic rings. The van der Waals surface area contributed by atoms with Crippen LogP contribution in [0.15, 0.2) is 0 Å². The topological polar surface area (TPSA) is 3.24 Å². The average molecular weight is 195 g/mol. The highest BCUT2D eigenvalue weighted by Gasteiger charge is 2.41. The van der Waals surface area contributed by atoms with Crippen molar-refractivity contribution in [3.8, 4) is 0 Å².